The normalized spacial score (nSPS) is 22.5. The van der Waals surface area contributed by atoms with Crippen LogP contribution < -0.4 is 0 Å². The van der Waals surface area contributed by atoms with Crippen LogP contribution in [0.4, 0.5) is 0 Å². The lowest BCUT2D eigenvalue weighted by atomic mass is 9.75. The van der Waals surface area contributed by atoms with Crippen LogP contribution in [0, 0.1) is 5.41 Å². The van der Waals surface area contributed by atoms with Gasteiger partial charge in [0.2, 0.25) is 5.91 Å². The summed E-state index contributed by atoms with van der Waals surface area (Å²) in [4.78, 5) is 13.7. The molecule has 1 aliphatic rings. The van der Waals surface area contributed by atoms with E-state index >= 15 is 0 Å². The summed E-state index contributed by atoms with van der Waals surface area (Å²) in [5.41, 5.74) is 0.350. The van der Waals surface area contributed by atoms with Crippen molar-refractivity contribution < 1.29 is 13.2 Å². The molecule has 0 N–H and O–H groups in total. The molecule has 106 valence electrons. The molecule has 0 saturated heterocycles. The first-order valence-corrected chi connectivity index (χ1v) is 8.45. The van der Waals surface area contributed by atoms with E-state index in [4.69, 9.17) is 0 Å². The lowest BCUT2D eigenvalue weighted by Gasteiger charge is -2.39. The van der Waals surface area contributed by atoms with Crippen LogP contribution in [0.5, 0.6) is 0 Å². The Kier molecular flexibility index (Phi) is 4.47. The SMILES string of the molecule is CC(C(=O)N(C)C1CCC(C)(C)CC1)S(C)(=O)=O. The van der Waals surface area contributed by atoms with Crippen molar-refractivity contribution in [2.45, 2.75) is 57.7 Å². The minimum atomic E-state index is -3.30. The summed E-state index contributed by atoms with van der Waals surface area (Å²) in [6.07, 6.45) is 5.22. The van der Waals surface area contributed by atoms with Gasteiger partial charge in [-0.15, -0.1) is 0 Å². The molecule has 0 aliphatic heterocycles. The monoisotopic (exact) mass is 275 g/mol. The third-order valence-corrected chi connectivity index (χ3v) is 5.68. The van der Waals surface area contributed by atoms with E-state index in [1.165, 1.54) is 6.92 Å². The smallest absolute Gasteiger partial charge is 0.240 e. The maximum absolute atomic E-state index is 12.1. The molecular weight excluding hydrogens is 250 g/mol. The maximum Gasteiger partial charge on any atom is 0.240 e. The number of carbonyl (C=O) groups excluding carboxylic acids is 1. The zero-order valence-electron chi connectivity index (χ0n) is 12.1. The molecule has 1 atom stereocenters. The first-order chi connectivity index (χ1) is 8.04. The zero-order valence-corrected chi connectivity index (χ0v) is 12.9. The molecule has 0 aromatic rings. The number of rotatable bonds is 3. The summed E-state index contributed by atoms with van der Waals surface area (Å²) < 4.78 is 22.8. The Labute approximate surface area is 111 Å². The second-order valence-electron chi connectivity index (χ2n) is 6.32. The summed E-state index contributed by atoms with van der Waals surface area (Å²) >= 11 is 0. The number of nitrogens with zero attached hydrogens (tertiary/aromatic N) is 1. The highest BCUT2D eigenvalue weighted by atomic mass is 32.2. The van der Waals surface area contributed by atoms with Crippen molar-refractivity contribution in [2.75, 3.05) is 13.3 Å². The Morgan fingerprint density at radius 1 is 1.28 bits per heavy atom. The maximum atomic E-state index is 12.1. The fraction of sp³-hybridized carbons (Fsp3) is 0.923. The molecule has 0 bridgehead atoms. The van der Waals surface area contributed by atoms with Gasteiger partial charge in [-0.1, -0.05) is 13.8 Å². The third kappa shape index (κ3) is 3.70. The van der Waals surface area contributed by atoms with Gasteiger partial charge in [-0.3, -0.25) is 4.79 Å². The highest BCUT2D eigenvalue weighted by molar-refractivity contribution is 7.92. The van der Waals surface area contributed by atoms with E-state index in [2.05, 4.69) is 13.8 Å². The van der Waals surface area contributed by atoms with Crippen molar-refractivity contribution in [1.29, 1.82) is 0 Å². The van der Waals surface area contributed by atoms with Gasteiger partial charge in [0, 0.05) is 19.3 Å². The molecular formula is C13H25NO3S. The topological polar surface area (TPSA) is 54.5 Å². The van der Waals surface area contributed by atoms with Crippen LogP contribution in [0.3, 0.4) is 0 Å². The minimum absolute atomic E-state index is 0.190. The number of sulfone groups is 1. The summed E-state index contributed by atoms with van der Waals surface area (Å²) in [5, 5.41) is -0.933. The van der Waals surface area contributed by atoms with Gasteiger partial charge >= 0.3 is 0 Å². The Bertz CT molecular complexity index is 404. The fourth-order valence-electron chi connectivity index (χ4n) is 2.42. The highest BCUT2D eigenvalue weighted by Gasteiger charge is 2.34. The standard InChI is InChI=1S/C13H25NO3S/c1-10(18(5,16)17)12(15)14(4)11-6-8-13(2,3)9-7-11/h10-11H,6-9H2,1-5H3. The van der Waals surface area contributed by atoms with Crippen LogP contribution in [0.15, 0.2) is 0 Å². The van der Waals surface area contributed by atoms with Crippen LogP contribution in [0.2, 0.25) is 0 Å². The third-order valence-electron chi connectivity index (χ3n) is 4.19. The highest BCUT2D eigenvalue weighted by Crippen LogP contribution is 2.36. The first-order valence-electron chi connectivity index (χ1n) is 6.50. The second-order valence-corrected chi connectivity index (χ2v) is 8.68. The molecule has 0 aromatic heterocycles. The van der Waals surface area contributed by atoms with Crippen LogP contribution in [0.25, 0.3) is 0 Å². The molecule has 0 heterocycles. The van der Waals surface area contributed by atoms with Crippen molar-refractivity contribution >= 4 is 15.7 Å². The molecule has 0 spiro atoms. The lowest BCUT2D eigenvalue weighted by molar-refractivity contribution is -0.132. The largest absolute Gasteiger partial charge is 0.342 e. The number of amides is 1. The Balaban J connectivity index is 2.66. The van der Waals surface area contributed by atoms with E-state index in [9.17, 15) is 13.2 Å². The van der Waals surface area contributed by atoms with Crippen molar-refractivity contribution in [3.8, 4) is 0 Å². The molecule has 1 unspecified atom stereocenters. The van der Waals surface area contributed by atoms with Gasteiger partial charge in [-0.25, -0.2) is 8.42 Å². The molecule has 1 saturated carbocycles. The summed E-state index contributed by atoms with van der Waals surface area (Å²) in [7, 11) is -1.57. The van der Waals surface area contributed by atoms with Crippen molar-refractivity contribution in [3.05, 3.63) is 0 Å². The number of carbonyl (C=O) groups is 1. The molecule has 0 aromatic carbocycles. The second kappa shape index (κ2) is 5.19. The van der Waals surface area contributed by atoms with E-state index in [-0.39, 0.29) is 11.9 Å². The van der Waals surface area contributed by atoms with Gasteiger partial charge in [0.1, 0.15) is 5.25 Å². The molecule has 1 aliphatic carbocycles. The molecule has 4 nitrogen and oxygen atoms in total. The average molecular weight is 275 g/mol. The van der Waals surface area contributed by atoms with E-state index in [0.717, 1.165) is 31.9 Å². The quantitative estimate of drug-likeness (QED) is 0.790. The van der Waals surface area contributed by atoms with E-state index < -0.39 is 15.1 Å². The summed E-state index contributed by atoms with van der Waals surface area (Å²) in [6, 6.07) is 0.190. The predicted molar refractivity (Wildman–Crippen MR) is 73.1 cm³/mol. The van der Waals surface area contributed by atoms with E-state index in [1.807, 2.05) is 0 Å². The lowest BCUT2D eigenvalue weighted by Crippen LogP contribution is -2.46. The van der Waals surface area contributed by atoms with Gasteiger partial charge < -0.3 is 4.90 Å². The van der Waals surface area contributed by atoms with Crippen LogP contribution in [-0.2, 0) is 14.6 Å². The van der Waals surface area contributed by atoms with Crippen LogP contribution >= 0.6 is 0 Å². The van der Waals surface area contributed by atoms with Gasteiger partial charge in [-0.05, 0) is 38.0 Å². The van der Waals surface area contributed by atoms with Crippen molar-refractivity contribution in [1.82, 2.24) is 4.90 Å². The summed E-state index contributed by atoms with van der Waals surface area (Å²) in [5.74, 6) is -0.276. The van der Waals surface area contributed by atoms with Crippen molar-refractivity contribution in [3.63, 3.8) is 0 Å². The van der Waals surface area contributed by atoms with Gasteiger partial charge in [-0.2, -0.15) is 0 Å². The van der Waals surface area contributed by atoms with E-state index in [0.29, 0.717) is 5.41 Å². The Morgan fingerprint density at radius 3 is 2.11 bits per heavy atom. The van der Waals surface area contributed by atoms with Crippen LogP contribution in [-0.4, -0.2) is 43.8 Å². The van der Waals surface area contributed by atoms with Gasteiger partial charge in [0.25, 0.3) is 0 Å². The predicted octanol–water partition coefficient (Wildman–Crippen LogP) is 1.85. The Hall–Kier alpha value is -0.580. The van der Waals surface area contributed by atoms with Crippen LogP contribution in [0.1, 0.15) is 46.5 Å². The molecule has 1 amide bonds. The fourth-order valence-corrected chi connectivity index (χ4v) is 2.95. The average Bonchev–Trinajstić information content (AvgIpc) is 2.25. The van der Waals surface area contributed by atoms with Gasteiger partial charge in [0.15, 0.2) is 9.84 Å². The zero-order chi connectivity index (χ0) is 14.1. The number of hydrogen-bond acceptors (Lipinski definition) is 3. The Morgan fingerprint density at radius 2 is 1.72 bits per heavy atom. The minimum Gasteiger partial charge on any atom is -0.342 e. The molecule has 0 radical (unpaired) electrons. The first kappa shape index (κ1) is 15.5. The van der Waals surface area contributed by atoms with Gasteiger partial charge in [0.05, 0.1) is 0 Å². The van der Waals surface area contributed by atoms with E-state index in [1.54, 1.807) is 11.9 Å². The molecule has 5 heteroatoms. The molecule has 18 heavy (non-hydrogen) atoms. The molecule has 1 fully saturated rings. The molecule has 1 rings (SSSR count). The van der Waals surface area contributed by atoms with Crippen molar-refractivity contribution in [2.24, 2.45) is 5.41 Å². The summed E-state index contributed by atoms with van der Waals surface area (Å²) in [6.45, 7) is 5.95. The number of hydrogen-bond donors (Lipinski definition) is 0.